The highest BCUT2D eigenvalue weighted by atomic mass is 14.5. The van der Waals surface area contributed by atoms with Crippen molar-refractivity contribution in [3.05, 3.63) is 0 Å². The van der Waals surface area contributed by atoms with Crippen LogP contribution < -0.4 is 5.73 Å². The third kappa shape index (κ3) is 2.22. The predicted molar refractivity (Wildman–Crippen MR) is 53.9 cm³/mol. The fourth-order valence-electron chi connectivity index (χ4n) is 2.17. The van der Waals surface area contributed by atoms with E-state index in [-0.39, 0.29) is 0 Å². The summed E-state index contributed by atoms with van der Waals surface area (Å²) < 4.78 is 0. The molecule has 72 valence electrons. The van der Waals surface area contributed by atoms with Gasteiger partial charge in [0.15, 0.2) is 0 Å². The fraction of sp³-hybridized carbons (Fsp3) is 1.00. The fourth-order valence-corrected chi connectivity index (χ4v) is 2.17. The summed E-state index contributed by atoms with van der Waals surface area (Å²) in [6.07, 6.45) is 4.19. The molecule has 0 saturated heterocycles. The van der Waals surface area contributed by atoms with Gasteiger partial charge in [-0.15, -0.1) is 0 Å². The van der Waals surface area contributed by atoms with E-state index < -0.39 is 0 Å². The molecular formula is C11H23N. The molecule has 1 fully saturated rings. The van der Waals surface area contributed by atoms with E-state index in [9.17, 15) is 0 Å². The Morgan fingerprint density at radius 1 is 1.42 bits per heavy atom. The zero-order chi connectivity index (χ0) is 9.14. The van der Waals surface area contributed by atoms with Gasteiger partial charge in [-0.25, -0.2) is 0 Å². The highest BCUT2D eigenvalue weighted by molar-refractivity contribution is 4.83. The molecule has 0 aromatic rings. The van der Waals surface area contributed by atoms with Gasteiger partial charge >= 0.3 is 0 Å². The maximum atomic E-state index is 5.58. The van der Waals surface area contributed by atoms with Crippen molar-refractivity contribution in [2.75, 3.05) is 6.54 Å². The molecule has 4 atom stereocenters. The highest BCUT2D eigenvalue weighted by Gasteiger charge is 2.33. The predicted octanol–water partition coefficient (Wildman–Crippen LogP) is 2.65. The number of hydrogen-bond acceptors (Lipinski definition) is 1. The normalized spacial score (nSPS) is 37.5. The van der Waals surface area contributed by atoms with Crippen LogP contribution in [0.2, 0.25) is 0 Å². The molecule has 0 aromatic heterocycles. The van der Waals surface area contributed by atoms with Gasteiger partial charge in [0.1, 0.15) is 0 Å². The van der Waals surface area contributed by atoms with E-state index in [1.165, 1.54) is 19.3 Å². The van der Waals surface area contributed by atoms with Crippen molar-refractivity contribution in [2.24, 2.45) is 29.4 Å². The van der Waals surface area contributed by atoms with Gasteiger partial charge in [0.25, 0.3) is 0 Å². The van der Waals surface area contributed by atoms with Crippen molar-refractivity contribution in [1.29, 1.82) is 0 Å². The molecule has 1 rings (SSSR count). The second-order valence-corrected chi connectivity index (χ2v) is 4.75. The largest absolute Gasteiger partial charge is 0.330 e. The molecule has 1 aliphatic carbocycles. The Morgan fingerprint density at radius 3 is 2.50 bits per heavy atom. The minimum Gasteiger partial charge on any atom is -0.330 e. The lowest BCUT2D eigenvalue weighted by Gasteiger charge is -2.41. The Labute approximate surface area is 76.7 Å². The molecule has 1 heteroatoms. The first-order chi connectivity index (χ1) is 5.65. The van der Waals surface area contributed by atoms with Gasteiger partial charge in [-0.05, 0) is 49.5 Å². The molecule has 1 nitrogen and oxygen atoms in total. The van der Waals surface area contributed by atoms with Crippen LogP contribution >= 0.6 is 0 Å². The molecule has 1 saturated carbocycles. The van der Waals surface area contributed by atoms with Crippen LogP contribution in [0.4, 0.5) is 0 Å². The summed E-state index contributed by atoms with van der Waals surface area (Å²) in [6, 6.07) is 0. The van der Waals surface area contributed by atoms with E-state index in [0.717, 1.165) is 30.2 Å². The lowest BCUT2D eigenvalue weighted by molar-refractivity contribution is 0.0894. The Balaban J connectivity index is 2.09. The van der Waals surface area contributed by atoms with Crippen molar-refractivity contribution in [2.45, 2.75) is 40.0 Å². The molecule has 0 heterocycles. The standard InChI is InChI=1S/C11H23N/c1-8(7-12)4-5-11-6-9(2)10(11)3/h8-11H,4-7,12H2,1-3H3. The van der Waals surface area contributed by atoms with Crippen LogP contribution in [-0.2, 0) is 0 Å². The highest BCUT2D eigenvalue weighted by Crippen LogP contribution is 2.42. The number of rotatable bonds is 4. The SMILES string of the molecule is CC(CN)CCC1CC(C)C1C. The quantitative estimate of drug-likeness (QED) is 0.688. The van der Waals surface area contributed by atoms with Gasteiger partial charge in [0.2, 0.25) is 0 Å². The van der Waals surface area contributed by atoms with Crippen LogP contribution in [-0.4, -0.2) is 6.54 Å². The first-order valence-corrected chi connectivity index (χ1v) is 5.35. The van der Waals surface area contributed by atoms with Crippen molar-refractivity contribution in [1.82, 2.24) is 0 Å². The van der Waals surface area contributed by atoms with Crippen LogP contribution in [0, 0.1) is 23.7 Å². The lowest BCUT2D eigenvalue weighted by Crippen LogP contribution is -2.32. The average Bonchev–Trinajstić information content (AvgIpc) is 2.10. The lowest BCUT2D eigenvalue weighted by atomic mass is 9.64. The van der Waals surface area contributed by atoms with Crippen molar-refractivity contribution < 1.29 is 0 Å². The van der Waals surface area contributed by atoms with Crippen LogP contribution in [0.3, 0.4) is 0 Å². The topological polar surface area (TPSA) is 26.0 Å². The maximum absolute atomic E-state index is 5.58. The second kappa shape index (κ2) is 4.27. The van der Waals surface area contributed by atoms with Gasteiger partial charge in [0.05, 0.1) is 0 Å². The van der Waals surface area contributed by atoms with Crippen LogP contribution in [0.1, 0.15) is 40.0 Å². The third-order valence-corrected chi connectivity index (χ3v) is 3.75. The third-order valence-electron chi connectivity index (χ3n) is 3.75. The molecule has 0 spiro atoms. The van der Waals surface area contributed by atoms with Crippen molar-refractivity contribution in [3.8, 4) is 0 Å². The Morgan fingerprint density at radius 2 is 2.08 bits per heavy atom. The summed E-state index contributed by atoms with van der Waals surface area (Å²) in [5, 5.41) is 0. The maximum Gasteiger partial charge on any atom is -0.00515 e. The van der Waals surface area contributed by atoms with Crippen molar-refractivity contribution in [3.63, 3.8) is 0 Å². The summed E-state index contributed by atoms with van der Waals surface area (Å²) in [7, 11) is 0. The number of nitrogens with two attached hydrogens (primary N) is 1. The molecule has 0 amide bonds. The minimum absolute atomic E-state index is 0.730. The van der Waals surface area contributed by atoms with Gasteiger partial charge in [-0.2, -0.15) is 0 Å². The van der Waals surface area contributed by atoms with E-state index in [1.54, 1.807) is 0 Å². The second-order valence-electron chi connectivity index (χ2n) is 4.75. The Hall–Kier alpha value is -0.0400. The van der Waals surface area contributed by atoms with E-state index >= 15 is 0 Å². The van der Waals surface area contributed by atoms with Gasteiger partial charge in [-0.1, -0.05) is 20.8 Å². The van der Waals surface area contributed by atoms with E-state index in [4.69, 9.17) is 5.73 Å². The van der Waals surface area contributed by atoms with Crippen molar-refractivity contribution >= 4 is 0 Å². The summed E-state index contributed by atoms with van der Waals surface area (Å²) in [4.78, 5) is 0. The first-order valence-electron chi connectivity index (χ1n) is 5.35. The first kappa shape index (κ1) is 10.0. The molecule has 0 aliphatic heterocycles. The van der Waals surface area contributed by atoms with E-state index in [0.29, 0.717) is 0 Å². The molecule has 0 radical (unpaired) electrons. The zero-order valence-corrected chi connectivity index (χ0v) is 8.72. The molecule has 2 N–H and O–H groups in total. The summed E-state index contributed by atoms with van der Waals surface area (Å²) in [5.74, 6) is 3.68. The smallest absolute Gasteiger partial charge is 0.00515 e. The molecule has 0 aromatic carbocycles. The molecular weight excluding hydrogens is 146 g/mol. The Kier molecular flexibility index (Phi) is 3.57. The van der Waals surface area contributed by atoms with Crippen LogP contribution in [0.5, 0.6) is 0 Å². The average molecular weight is 169 g/mol. The monoisotopic (exact) mass is 169 g/mol. The summed E-state index contributed by atoms with van der Waals surface area (Å²) in [6.45, 7) is 7.88. The number of hydrogen-bond donors (Lipinski definition) is 1. The van der Waals surface area contributed by atoms with Crippen LogP contribution in [0.25, 0.3) is 0 Å². The Bertz CT molecular complexity index is 133. The molecule has 4 unspecified atom stereocenters. The zero-order valence-electron chi connectivity index (χ0n) is 8.72. The summed E-state index contributed by atoms with van der Waals surface area (Å²) in [5.41, 5.74) is 5.58. The molecule has 12 heavy (non-hydrogen) atoms. The van der Waals surface area contributed by atoms with Gasteiger partial charge in [0, 0.05) is 0 Å². The van der Waals surface area contributed by atoms with Gasteiger partial charge in [-0.3, -0.25) is 0 Å². The molecule has 0 bridgehead atoms. The summed E-state index contributed by atoms with van der Waals surface area (Å²) >= 11 is 0. The van der Waals surface area contributed by atoms with Crippen LogP contribution in [0.15, 0.2) is 0 Å². The molecule has 1 aliphatic rings. The van der Waals surface area contributed by atoms with E-state index in [1.807, 2.05) is 0 Å². The van der Waals surface area contributed by atoms with Gasteiger partial charge < -0.3 is 5.73 Å². The minimum atomic E-state index is 0.730. The van der Waals surface area contributed by atoms with E-state index in [2.05, 4.69) is 20.8 Å².